The van der Waals surface area contributed by atoms with Crippen molar-refractivity contribution in [3.63, 3.8) is 0 Å². The zero-order valence-corrected chi connectivity index (χ0v) is 16.2. The summed E-state index contributed by atoms with van der Waals surface area (Å²) in [4.78, 5) is 6.99. The molecular formula is C18H22N10O2. The van der Waals surface area contributed by atoms with Crippen molar-refractivity contribution >= 4 is 5.82 Å². The van der Waals surface area contributed by atoms with Crippen molar-refractivity contribution in [1.29, 1.82) is 0 Å². The molecule has 1 saturated heterocycles. The van der Waals surface area contributed by atoms with Gasteiger partial charge in [-0.25, -0.2) is 9.61 Å². The van der Waals surface area contributed by atoms with E-state index in [0.717, 1.165) is 24.3 Å². The highest BCUT2D eigenvalue weighted by Gasteiger charge is 2.25. The lowest BCUT2D eigenvalue weighted by Crippen LogP contribution is -2.30. The van der Waals surface area contributed by atoms with E-state index < -0.39 is 0 Å². The van der Waals surface area contributed by atoms with E-state index in [-0.39, 0.29) is 11.3 Å². The second kappa shape index (κ2) is 8.39. The normalized spacial score (nSPS) is 14.5. The third-order valence-electron chi connectivity index (χ3n) is 5.02. The van der Waals surface area contributed by atoms with Crippen LogP contribution in [0, 0.1) is 0 Å². The molecule has 0 amide bonds. The Labute approximate surface area is 171 Å². The Balaban J connectivity index is 0.00000218. The van der Waals surface area contributed by atoms with Crippen LogP contribution in [0.5, 0.6) is 0 Å². The molecule has 5 N–H and O–H groups in total. The third-order valence-corrected chi connectivity index (χ3v) is 5.02. The first-order chi connectivity index (χ1) is 14.3. The number of aromatic amines is 1. The lowest BCUT2D eigenvalue weighted by atomic mass is 10.1. The van der Waals surface area contributed by atoms with Crippen LogP contribution in [0.25, 0.3) is 28.7 Å². The lowest BCUT2D eigenvalue weighted by Gasteiger charge is -2.26. The number of rotatable bonds is 5. The number of nitrogens with one attached hydrogen (secondary N) is 1. The van der Waals surface area contributed by atoms with Gasteiger partial charge in [-0.2, -0.15) is 9.78 Å². The highest BCUT2D eigenvalue weighted by Crippen LogP contribution is 2.26. The Morgan fingerprint density at radius 2 is 1.87 bits per heavy atom. The molecule has 1 fully saturated rings. The number of piperidine rings is 1. The molecule has 4 aromatic rings. The van der Waals surface area contributed by atoms with Gasteiger partial charge in [0.25, 0.3) is 0 Å². The molecule has 3 aromatic heterocycles. The molecule has 12 heteroatoms. The van der Waals surface area contributed by atoms with E-state index in [2.05, 4.69) is 40.7 Å². The van der Waals surface area contributed by atoms with Gasteiger partial charge < -0.3 is 11.2 Å². The first-order valence-electron chi connectivity index (χ1n) is 9.53. The Kier molecular flexibility index (Phi) is 5.50. The number of hydrogen-bond donors (Lipinski definition) is 2. The second-order valence-electron chi connectivity index (χ2n) is 6.98. The van der Waals surface area contributed by atoms with Crippen LogP contribution >= 0.6 is 0 Å². The van der Waals surface area contributed by atoms with E-state index in [4.69, 9.17) is 10.4 Å². The Morgan fingerprint density at radius 1 is 1.07 bits per heavy atom. The molecule has 4 heterocycles. The molecule has 1 aliphatic rings. The van der Waals surface area contributed by atoms with E-state index in [1.807, 2.05) is 30.3 Å². The van der Waals surface area contributed by atoms with Crippen LogP contribution in [0.3, 0.4) is 0 Å². The van der Waals surface area contributed by atoms with Crippen LogP contribution in [0.1, 0.15) is 25.0 Å². The van der Waals surface area contributed by atoms with Gasteiger partial charge in [0, 0.05) is 12.1 Å². The average molecular weight is 410 g/mol. The summed E-state index contributed by atoms with van der Waals surface area (Å²) in [5, 5.41) is 23.5. The summed E-state index contributed by atoms with van der Waals surface area (Å²) in [5.74, 6) is 1.61. The Morgan fingerprint density at radius 3 is 2.60 bits per heavy atom. The molecule has 0 spiro atoms. The number of hydrogen-bond acceptors (Lipinski definition) is 9. The minimum Gasteiger partial charge on any atom is -0.412 e. The summed E-state index contributed by atoms with van der Waals surface area (Å²) in [5.41, 5.74) is 8.23. The number of anilines is 1. The van der Waals surface area contributed by atoms with Gasteiger partial charge in [0.1, 0.15) is 0 Å². The van der Waals surface area contributed by atoms with Gasteiger partial charge >= 0.3 is 0 Å². The van der Waals surface area contributed by atoms with Crippen LogP contribution in [-0.4, -0.2) is 64.0 Å². The predicted octanol–water partition coefficient (Wildman–Crippen LogP) is 0.846. The number of aromatic nitrogens is 8. The maximum atomic E-state index is 5.90. The molecule has 0 atom stereocenters. The van der Waals surface area contributed by atoms with Crippen LogP contribution in [0.15, 0.2) is 35.0 Å². The van der Waals surface area contributed by atoms with Crippen LogP contribution < -0.4 is 5.73 Å². The van der Waals surface area contributed by atoms with Crippen molar-refractivity contribution in [2.75, 3.05) is 18.8 Å². The van der Waals surface area contributed by atoms with Gasteiger partial charge in [-0.15, -0.1) is 5.10 Å². The third kappa shape index (κ3) is 3.65. The molecule has 0 bridgehead atoms. The summed E-state index contributed by atoms with van der Waals surface area (Å²) < 4.78 is 6.33. The van der Waals surface area contributed by atoms with E-state index >= 15 is 0 Å². The van der Waals surface area contributed by atoms with Crippen LogP contribution in [0.2, 0.25) is 0 Å². The Bertz CT molecular complexity index is 1100. The number of nitrogens with zero attached hydrogens (tertiary/aromatic N) is 8. The summed E-state index contributed by atoms with van der Waals surface area (Å²) in [6, 6.07) is 9.77. The molecule has 0 radical (unpaired) electrons. The maximum absolute atomic E-state index is 5.90. The van der Waals surface area contributed by atoms with E-state index in [9.17, 15) is 0 Å². The number of H-pyrrole nitrogens is 1. The number of benzene rings is 1. The van der Waals surface area contributed by atoms with Crippen LogP contribution in [-0.2, 0) is 6.54 Å². The monoisotopic (exact) mass is 410 g/mol. The molecule has 0 aliphatic carbocycles. The minimum absolute atomic E-state index is 0. The second-order valence-corrected chi connectivity index (χ2v) is 6.98. The first kappa shape index (κ1) is 19.7. The highest BCUT2D eigenvalue weighted by atomic mass is 16.6. The molecule has 156 valence electrons. The highest BCUT2D eigenvalue weighted by molar-refractivity contribution is 5.61. The van der Waals surface area contributed by atoms with E-state index in [1.165, 1.54) is 19.3 Å². The zero-order chi connectivity index (χ0) is 19.6. The number of likely N-dealkylation sites (tertiary alicyclic amines) is 1. The molecule has 1 aromatic carbocycles. The van der Waals surface area contributed by atoms with E-state index in [0.29, 0.717) is 29.7 Å². The standard InChI is InChI=1S/C18H20N10O.H2O/c19-15-18(25-29-24-15)28-13(11-27-9-5-2-6-10-27)14(21-26-28)17-20-16(22-23-17)12-7-3-1-4-8-12;/h1,3-4,7-8H,2,5-6,9-11H2,(H2,19,24)(H,20,22,23);1H2. The molecule has 0 unspecified atom stereocenters. The van der Waals surface area contributed by atoms with Crippen molar-refractivity contribution in [2.24, 2.45) is 0 Å². The van der Waals surface area contributed by atoms with Crippen molar-refractivity contribution in [3.8, 4) is 28.7 Å². The number of nitrogens with two attached hydrogens (primary N) is 1. The summed E-state index contributed by atoms with van der Waals surface area (Å²) in [7, 11) is 0. The van der Waals surface area contributed by atoms with Gasteiger partial charge in [-0.3, -0.25) is 10.00 Å². The predicted molar refractivity (Wildman–Crippen MR) is 107 cm³/mol. The molecule has 12 nitrogen and oxygen atoms in total. The molecule has 30 heavy (non-hydrogen) atoms. The Hall–Kier alpha value is -3.64. The van der Waals surface area contributed by atoms with Crippen molar-refractivity contribution < 1.29 is 10.1 Å². The SMILES string of the molecule is Nc1nonc1-n1nnc(-c2nc(-c3ccccc3)n[nH]2)c1CN1CCCCC1.O. The van der Waals surface area contributed by atoms with Gasteiger partial charge in [0.15, 0.2) is 17.3 Å². The maximum Gasteiger partial charge on any atom is 0.243 e. The van der Waals surface area contributed by atoms with Crippen molar-refractivity contribution in [2.45, 2.75) is 25.8 Å². The lowest BCUT2D eigenvalue weighted by molar-refractivity contribution is 0.217. The average Bonchev–Trinajstić information content (AvgIpc) is 3.49. The van der Waals surface area contributed by atoms with Gasteiger partial charge in [-0.1, -0.05) is 42.0 Å². The van der Waals surface area contributed by atoms with Gasteiger partial charge in [0.2, 0.25) is 11.6 Å². The molecule has 0 saturated carbocycles. The van der Waals surface area contributed by atoms with Crippen molar-refractivity contribution in [1.82, 2.24) is 45.4 Å². The first-order valence-corrected chi connectivity index (χ1v) is 9.53. The fraction of sp³-hybridized carbons (Fsp3) is 0.333. The van der Waals surface area contributed by atoms with Crippen LogP contribution in [0.4, 0.5) is 5.82 Å². The summed E-state index contributed by atoms with van der Waals surface area (Å²) in [6.07, 6.45) is 3.60. The molecule has 5 rings (SSSR count). The fourth-order valence-corrected chi connectivity index (χ4v) is 3.55. The smallest absolute Gasteiger partial charge is 0.243 e. The summed E-state index contributed by atoms with van der Waals surface area (Å²) in [6.45, 7) is 2.67. The topological polar surface area (TPSA) is 172 Å². The van der Waals surface area contributed by atoms with Gasteiger partial charge in [0.05, 0.1) is 5.69 Å². The van der Waals surface area contributed by atoms with E-state index in [1.54, 1.807) is 4.68 Å². The minimum atomic E-state index is 0. The molecule has 1 aliphatic heterocycles. The summed E-state index contributed by atoms with van der Waals surface area (Å²) >= 11 is 0. The molecular weight excluding hydrogens is 388 g/mol. The quantitative estimate of drug-likeness (QED) is 0.483. The zero-order valence-electron chi connectivity index (χ0n) is 16.2. The number of nitrogen functional groups attached to an aromatic ring is 1. The largest absolute Gasteiger partial charge is 0.412 e. The van der Waals surface area contributed by atoms with Crippen molar-refractivity contribution in [3.05, 3.63) is 36.0 Å². The van der Waals surface area contributed by atoms with Gasteiger partial charge in [-0.05, 0) is 36.2 Å². The fourth-order valence-electron chi connectivity index (χ4n) is 3.55.